The van der Waals surface area contributed by atoms with Crippen LogP contribution in [-0.4, -0.2) is 36.5 Å². The molecule has 2 aromatic carbocycles. The largest absolute Gasteiger partial charge is 0.296 e. The van der Waals surface area contributed by atoms with Crippen LogP contribution in [0.4, 0.5) is 10.8 Å². The fraction of sp³-hybridized carbons (Fsp3) is 0.286. The molecular formula is C21H24N4O3S3. The molecule has 0 bridgehead atoms. The first-order valence-corrected chi connectivity index (χ1v) is 13.2. The maximum absolute atomic E-state index is 12.5. The molecule has 0 spiro atoms. The molecule has 0 saturated heterocycles. The van der Waals surface area contributed by atoms with Crippen LogP contribution in [0.5, 0.6) is 0 Å². The van der Waals surface area contributed by atoms with Gasteiger partial charge in [-0.15, -0.1) is 10.2 Å². The van der Waals surface area contributed by atoms with Crippen LogP contribution in [-0.2, 0) is 16.6 Å². The summed E-state index contributed by atoms with van der Waals surface area (Å²) < 4.78 is 27.0. The van der Waals surface area contributed by atoms with Crippen molar-refractivity contribution in [1.82, 2.24) is 10.2 Å². The number of carbonyl (C=O) groups is 1. The third-order valence-electron chi connectivity index (χ3n) is 4.33. The predicted molar refractivity (Wildman–Crippen MR) is 128 cm³/mol. The highest BCUT2D eigenvalue weighted by Gasteiger charge is 2.19. The van der Waals surface area contributed by atoms with E-state index in [-0.39, 0.29) is 12.5 Å². The summed E-state index contributed by atoms with van der Waals surface area (Å²) in [6.07, 6.45) is 1.19. The van der Waals surface area contributed by atoms with E-state index in [0.29, 0.717) is 16.4 Å². The molecule has 0 fully saturated rings. The van der Waals surface area contributed by atoms with E-state index in [9.17, 15) is 13.2 Å². The fourth-order valence-corrected chi connectivity index (χ4v) is 5.55. The lowest BCUT2D eigenvalue weighted by Gasteiger charge is -2.23. The summed E-state index contributed by atoms with van der Waals surface area (Å²) >= 11 is 2.90. The Bertz CT molecular complexity index is 1150. The Morgan fingerprint density at radius 1 is 1.10 bits per heavy atom. The number of hydrogen-bond donors (Lipinski definition) is 1. The Hall–Kier alpha value is -2.43. The molecule has 1 amide bonds. The SMILES string of the molecule is CCSc1nnc(NC(=O)c2ccc(CN(c3cc(C)cc(C)c3)S(C)(=O)=O)cc2)s1. The van der Waals surface area contributed by atoms with Crippen molar-refractivity contribution in [3.05, 3.63) is 64.7 Å². The smallest absolute Gasteiger partial charge is 0.257 e. The van der Waals surface area contributed by atoms with Crippen LogP contribution < -0.4 is 9.62 Å². The first kappa shape index (κ1) is 23.2. The molecule has 0 atom stereocenters. The second kappa shape index (κ2) is 9.80. The third kappa shape index (κ3) is 6.28. The van der Waals surface area contributed by atoms with E-state index in [1.54, 1.807) is 36.0 Å². The van der Waals surface area contributed by atoms with Crippen molar-refractivity contribution in [3.63, 3.8) is 0 Å². The van der Waals surface area contributed by atoms with Crippen LogP contribution in [0, 0.1) is 13.8 Å². The van der Waals surface area contributed by atoms with E-state index in [0.717, 1.165) is 26.8 Å². The zero-order valence-corrected chi connectivity index (χ0v) is 20.2. The lowest BCUT2D eigenvalue weighted by Crippen LogP contribution is -2.29. The highest BCUT2D eigenvalue weighted by atomic mass is 32.2. The molecule has 7 nitrogen and oxygen atoms in total. The molecule has 1 N–H and O–H groups in total. The molecule has 1 heterocycles. The molecule has 0 aliphatic heterocycles. The van der Waals surface area contributed by atoms with Crippen molar-refractivity contribution in [2.45, 2.75) is 31.7 Å². The molecule has 0 radical (unpaired) electrons. The summed E-state index contributed by atoms with van der Waals surface area (Å²) in [7, 11) is -3.48. The number of nitrogens with one attached hydrogen (secondary N) is 1. The van der Waals surface area contributed by atoms with Gasteiger partial charge >= 0.3 is 0 Å². The van der Waals surface area contributed by atoms with Crippen LogP contribution in [0.3, 0.4) is 0 Å². The first-order valence-electron chi connectivity index (χ1n) is 9.58. The number of hydrogen-bond acceptors (Lipinski definition) is 7. The van der Waals surface area contributed by atoms with Crippen LogP contribution in [0.15, 0.2) is 46.8 Å². The van der Waals surface area contributed by atoms with Gasteiger partial charge in [-0.05, 0) is 60.6 Å². The number of aryl methyl sites for hydroxylation is 2. The summed E-state index contributed by atoms with van der Waals surface area (Å²) in [6.45, 7) is 6.08. The average Bonchev–Trinajstić information content (AvgIpc) is 3.12. The lowest BCUT2D eigenvalue weighted by atomic mass is 10.1. The van der Waals surface area contributed by atoms with Gasteiger partial charge in [-0.25, -0.2) is 8.42 Å². The number of sulfonamides is 1. The number of amides is 1. The highest BCUT2D eigenvalue weighted by Crippen LogP contribution is 2.26. The van der Waals surface area contributed by atoms with Gasteiger partial charge in [-0.1, -0.05) is 48.2 Å². The average molecular weight is 477 g/mol. The standard InChI is InChI=1S/C21H24N4O3S3/c1-5-29-21-24-23-20(30-21)22-19(26)17-8-6-16(7-9-17)13-25(31(4,27)28)18-11-14(2)10-15(3)12-18/h6-12H,5,13H2,1-4H3,(H,22,23,26). The van der Waals surface area contributed by atoms with Crippen LogP contribution >= 0.6 is 23.1 Å². The van der Waals surface area contributed by atoms with E-state index in [1.807, 2.05) is 39.0 Å². The Labute approximate surface area is 191 Å². The number of rotatable bonds is 8. The summed E-state index contributed by atoms with van der Waals surface area (Å²) in [5.41, 5.74) is 3.85. The van der Waals surface area contributed by atoms with E-state index in [2.05, 4.69) is 15.5 Å². The molecule has 0 aliphatic rings. The maximum Gasteiger partial charge on any atom is 0.257 e. The second-order valence-electron chi connectivity index (χ2n) is 7.07. The monoisotopic (exact) mass is 476 g/mol. The Morgan fingerprint density at radius 2 is 1.74 bits per heavy atom. The molecule has 10 heteroatoms. The minimum absolute atomic E-state index is 0.178. The number of benzene rings is 2. The molecule has 3 rings (SSSR count). The number of aromatic nitrogens is 2. The molecule has 0 aliphatic carbocycles. The van der Waals surface area contributed by atoms with Gasteiger partial charge in [0, 0.05) is 5.56 Å². The second-order valence-corrected chi connectivity index (χ2v) is 11.5. The van der Waals surface area contributed by atoms with Gasteiger partial charge in [-0.3, -0.25) is 14.4 Å². The van der Waals surface area contributed by atoms with Crippen molar-refractivity contribution in [3.8, 4) is 0 Å². The Balaban J connectivity index is 1.75. The van der Waals surface area contributed by atoms with Crippen molar-refractivity contribution >= 4 is 49.8 Å². The number of anilines is 2. The zero-order valence-electron chi connectivity index (χ0n) is 17.7. The molecule has 164 valence electrons. The normalized spacial score (nSPS) is 11.4. The summed E-state index contributed by atoms with van der Waals surface area (Å²) in [6, 6.07) is 12.6. The van der Waals surface area contributed by atoms with Gasteiger partial charge in [0.1, 0.15) is 0 Å². The van der Waals surface area contributed by atoms with Gasteiger partial charge in [-0.2, -0.15) is 0 Å². The van der Waals surface area contributed by atoms with Gasteiger partial charge in [0.15, 0.2) is 4.34 Å². The lowest BCUT2D eigenvalue weighted by molar-refractivity contribution is 0.102. The Morgan fingerprint density at radius 3 is 2.32 bits per heavy atom. The van der Waals surface area contributed by atoms with E-state index in [1.165, 1.54) is 21.9 Å². The molecule has 1 aromatic heterocycles. The minimum atomic E-state index is -3.48. The number of thioether (sulfide) groups is 1. The van der Waals surface area contributed by atoms with Crippen LogP contribution in [0.1, 0.15) is 34.0 Å². The number of nitrogens with zero attached hydrogens (tertiary/aromatic N) is 3. The van der Waals surface area contributed by atoms with E-state index < -0.39 is 10.0 Å². The summed E-state index contributed by atoms with van der Waals surface area (Å²) in [5, 5.41) is 11.2. The Kier molecular flexibility index (Phi) is 7.34. The van der Waals surface area contributed by atoms with Gasteiger partial charge in [0.25, 0.3) is 5.91 Å². The predicted octanol–water partition coefficient (Wildman–Crippen LogP) is 4.49. The van der Waals surface area contributed by atoms with Gasteiger partial charge in [0.2, 0.25) is 15.2 Å². The number of carbonyl (C=O) groups excluding carboxylic acids is 1. The highest BCUT2D eigenvalue weighted by molar-refractivity contribution is 8.01. The molecule has 3 aromatic rings. The van der Waals surface area contributed by atoms with Crippen molar-refractivity contribution in [1.29, 1.82) is 0 Å². The molecular weight excluding hydrogens is 452 g/mol. The molecule has 31 heavy (non-hydrogen) atoms. The van der Waals surface area contributed by atoms with Crippen LogP contribution in [0.25, 0.3) is 0 Å². The van der Waals surface area contributed by atoms with E-state index in [4.69, 9.17) is 0 Å². The topological polar surface area (TPSA) is 92.3 Å². The first-order chi connectivity index (χ1) is 14.7. The van der Waals surface area contributed by atoms with E-state index >= 15 is 0 Å². The molecule has 0 unspecified atom stereocenters. The quantitative estimate of drug-likeness (QED) is 0.381. The maximum atomic E-state index is 12.5. The fourth-order valence-electron chi connectivity index (χ4n) is 3.03. The minimum Gasteiger partial charge on any atom is -0.296 e. The molecule has 0 saturated carbocycles. The van der Waals surface area contributed by atoms with Crippen molar-refractivity contribution in [2.75, 3.05) is 21.6 Å². The summed E-state index contributed by atoms with van der Waals surface area (Å²) in [5.74, 6) is 0.599. The third-order valence-corrected chi connectivity index (χ3v) is 7.33. The summed E-state index contributed by atoms with van der Waals surface area (Å²) in [4.78, 5) is 12.5. The zero-order chi connectivity index (χ0) is 22.6. The van der Waals surface area contributed by atoms with Crippen molar-refractivity contribution < 1.29 is 13.2 Å². The van der Waals surface area contributed by atoms with Gasteiger partial charge < -0.3 is 0 Å². The van der Waals surface area contributed by atoms with Crippen LogP contribution in [0.2, 0.25) is 0 Å². The van der Waals surface area contributed by atoms with Crippen molar-refractivity contribution in [2.24, 2.45) is 0 Å². The van der Waals surface area contributed by atoms with Gasteiger partial charge in [0.05, 0.1) is 18.5 Å².